The van der Waals surface area contributed by atoms with Crippen molar-refractivity contribution in [2.45, 2.75) is 26.0 Å². The number of methoxy groups -OCH3 is 1. The van der Waals surface area contributed by atoms with Crippen LogP contribution in [0.15, 0.2) is 78.2 Å². The average Bonchev–Trinajstić information content (AvgIpc) is 3.27. The van der Waals surface area contributed by atoms with Crippen molar-refractivity contribution in [1.29, 1.82) is 0 Å². The predicted octanol–water partition coefficient (Wildman–Crippen LogP) is 5.53. The van der Waals surface area contributed by atoms with E-state index < -0.39 is 16.1 Å². The number of hydrogen-bond acceptors (Lipinski definition) is 8. The van der Waals surface area contributed by atoms with Crippen molar-refractivity contribution in [3.8, 4) is 11.5 Å². The lowest BCUT2D eigenvalue weighted by Gasteiger charge is -2.29. The first kappa shape index (κ1) is 29.6. The first-order chi connectivity index (χ1) is 20.8. The van der Waals surface area contributed by atoms with Crippen molar-refractivity contribution in [2.24, 2.45) is 0 Å². The van der Waals surface area contributed by atoms with Gasteiger partial charge in [0.15, 0.2) is 11.5 Å². The highest BCUT2D eigenvalue weighted by atomic mass is 32.2. The van der Waals surface area contributed by atoms with E-state index in [1.807, 2.05) is 24.3 Å². The molecule has 1 saturated heterocycles. The quantitative estimate of drug-likeness (QED) is 0.129. The summed E-state index contributed by atoms with van der Waals surface area (Å²) in [6, 6.07) is 17.6. The van der Waals surface area contributed by atoms with Crippen LogP contribution < -0.4 is 9.47 Å². The fraction of sp³-hybridized carbons (Fsp3) is 0.219. The molecular weight excluding hydrogens is 570 g/mol. The van der Waals surface area contributed by atoms with E-state index in [2.05, 4.69) is 6.58 Å². The van der Waals surface area contributed by atoms with Crippen LogP contribution in [0.2, 0.25) is 0 Å². The molecule has 0 atom stereocenters. The Hall–Kier alpha value is -4.90. The SMILES string of the molecule is C=CCc1cc(/C=C2\SC(=O)N(CC(=O)N3CCc4ccccc4C3)C2=O)cc(OC)c1OCc1cccc([N+](=O)[O-])c1. The van der Waals surface area contributed by atoms with Gasteiger partial charge in [-0.05, 0) is 65.1 Å². The molecule has 1 fully saturated rings. The second-order valence-electron chi connectivity index (χ2n) is 10.0. The minimum Gasteiger partial charge on any atom is -0.493 e. The van der Waals surface area contributed by atoms with Gasteiger partial charge in [-0.15, -0.1) is 6.58 Å². The lowest BCUT2D eigenvalue weighted by Crippen LogP contribution is -2.44. The van der Waals surface area contributed by atoms with Crippen molar-refractivity contribution in [3.63, 3.8) is 0 Å². The van der Waals surface area contributed by atoms with E-state index >= 15 is 0 Å². The van der Waals surface area contributed by atoms with E-state index in [1.54, 1.807) is 41.3 Å². The number of benzene rings is 3. The fourth-order valence-corrected chi connectivity index (χ4v) is 5.87. The molecule has 10 nitrogen and oxygen atoms in total. The summed E-state index contributed by atoms with van der Waals surface area (Å²) in [6.07, 6.45) is 4.42. The lowest BCUT2D eigenvalue weighted by atomic mass is 10.00. The molecule has 0 spiro atoms. The Morgan fingerprint density at radius 1 is 1.12 bits per heavy atom. The molecule has 0 unspecified atom stereocenters. The molecule has 0 radical (unpaired) electrons. The van der Waals surface area contributed by atoms with Crippen LogP contribution in [0.5, 0.6) is 11.5 Å². The van der Waals surface area contributed by atoms with Crippen LogP contribution in [-0.2, 0) is 35.6 Å². The summed E-state index contributed by atoms with van der Waals surface area (Å²) in [5.74, 6) is 0.0120. The number of fused-ring (bicyclic) bond motifs is 1. The van der Waals surface area contributed by atoms with Gasteiger partial charge in [0.1, 0.15) is 13.2 Å². The number of ether oxygens (including phenoxy) is 2. The molecule has 2 aliphatic rings. The molecule has 0 N–H and O–H groups in total. The highest BCUT2D eigenvalue weighted by Gasteiger charge is 2.37. The molecule has 0 aliphatic carbocycles. The molecular formula is C32H29N3O7S. The van der Waals surface area contributed by atoms with E-state index in [1.165, 1.54) is 24.8 Å². The first-order valence-electron chi connectivity index (χ1n) is 13.5. The minimum absolute atomic E-state index is 0.0355. The molecule has 0 saturated carbocycles. The van der Waals surface area contributed by atoms with Gasteiger partial charge in [-0.1, -0.05) is 42.5 Å². The van der Waals surface area contributed by atoms with Crippen LogP contribution in [0.4, 0.5) is 10.5 Å². The third-order valence-corrected chi connectivity index (χ3v) is 8.10. The van der Waals surface area contributed by atoms with Gasteiger partial charge in [-0.25, -0.2) is 0 Å². The van der Waals surface area contributed by atoms with Gasteiger partial charge in [-0.2, -0.15) is 0 Å². The molecule has 3 amide bonds. The van der Waals surface area contributed by atoms with Crippen molar-refractivity contribution < 1.29 is 28.8 Å². The molecule has 2 heterocycles. The zero-order valence-corrected chi connectivity index (χ0v) is 24.3. The number of nitrogens with zero attached hydrogens (tertiary/aromatic N) is 3. The Morgan fingerprint density at radius 2 is 1.91 bits per heavy atom. The summed E-state index contributed by atoms with van der Waals surface area (Å²) >= 11 is 0.782. The summed E-state index contributed by atoms with van der Waals surface area (Å²) < 4.78 is 11.6. The second kappa shape index (κ2) is 13.0. The number of amides is 3. The van der Waals surface area contributed by atoms with E-state index in [0.29, 0.717) is 47.7 Å². The highest BCUT2D eigenvalue weighted by Crippen LogP contribution is 2.38. The number of carbonyl (C=O) groups is 3. The van der Waals surface area contributed by atoms with Gasteiger partial charge in [-0.3, -0.25) is 29.4 Å². The number of allylic oxidation sites excluding steroid dienone is 1. The molecule has 5 rings (SSSR count). The summed E-state index contributed by atoms with van der Waals surface area (Å²) in [4.78, 5) is 52.6. The molecule has 3 aromatic rings. The Morgan fingerprint density at radius 3 is 2.65 bits per heavy atom. The number of non-ortho nitro benzene ring substituents is 1. The van der Waals surface area contributed by atoms with Gasteiger partial charge >= 0.3 is 0 Å². The molecule has 0 aromatic heterocycles. The molecule has 3 aromatic carbocycles. The van der Waals surface area contributed by atoms with Crippen LogP contribution in [0.3, 0.4) is 0 Å². The summed E-state index contributed by atoms with van der Waals surface area (Å²) in [7, 11) is 1.48. The molecule has 11 heteroatoms. The molecule has 0 bridgehead atoms. The van der Waals surface area contributed by atoms with Gasteiger partial charge in [0.05, 0.1) is 16.9 Å². The maximum absolute atomic E-state index is 13.2. The van der Waals surface area contributed by atoms with Gasteiger partial charge < -0.3 is 14.4 Å². The van der Waals surface area contributed by atoms with E-state index in [-0.39, 0.29) is 29.7 Å². The zero-order valence-electron chi connectivity index (χ0n) is 23.5. The molecule has 2 aliphatic heterocycles. The summed E-state index contributed by atoms with van der Waals surface area (Å²) in [6.45, 7) is 4.54. The van der Waals surface area contributed by atoms with Crippen LogP contribution in [0, 0.1) is 10.1 Å². The number of imide groups is 1. The second-order valence-corrected chi connectivity index (χ2v) is 11.0. The maximum atomic E-state index is 13.2. The standard InChI is InChI=1S/C32H29N3O7S/c1-3-7-24-14-22(16-27(41-2)30(24)42-20-21-8-6-11-26(15-21)35(39)40)17-28-31(37)34(32(38)43-28)19-29(36)33-13-12-23-9-4-5-10-25(23)18-33/h3-6,8-11,14-17H,1,7,12-13,18-20H2,2H3/b28-17-. The van der Waals surface area contributed by atoms with Crippen molar-refractivity contribution in [3.05, 3.63) is 116 Å². The largest absolute Gasteiger partial charge is 0.493 e. The van der Waals surface area contributed by atoms with E-state index in [9.17, 15) is 24.5 Å². The van der Waals surface area contributed by atoms with Crippen LogP contribution >= 0.6 is 11.8 Å². The number of nitro groups is 1. The summed E-state index contributed by atoms with van der Waals surface area (Å²) in [5, 5.41) is 10.6. The average molecular weight is 600 g/mol. The Balaban J connectivity index is 1.32. The van der Waals surface area contributed by atoms with E-state index in [0.717, 1.165) is 28.6 Å². The van der Waals surface area contributed by atoms with Crippen LogP contribution in [-0.4, -0.2) is 52.0 Å². The molecule has 220 valence electrons. The Bertz CT molecular complexity index is 1650. The number of thioether (sulfide) groups is 1. The topological polar surface area (TPSA) is 119 Å². The van der Waals surface area contributed by atoms with Gasteiger partial charge in [0, 0.05) is 30.8 Å². The molecule has 43 heavy (non-hydrogen) atoms. The first-order valence-corrected chi connectivity index (χ1v) is 14.4. The van der Waals surface area contributed by atoms with Crippen molar-refractivity contribution >= 4 is 40.6 Å². The maximum Gasteiger partial charge on any atom is 0.294 e. The van der Waals surface area contributed by atoms with Crippen LogP contribution in [0.1, 0.15) is 27.8 Å². The Labute approximate surface area is 252 Å². The van der Waals surface area contributed by atoms with E-state index in [4.69, 9.17) is 9.47 Å². The van der Waals surface area contributed by atoms with Crippen molar-refractivity contribution in [1.82, 2.24) is 9.80 Å². The summed E-state index contributed by atoms with van der Waals surface area (Å²) in [5.41, 5.74) is 4.16. The van der Waals surface area contributed by atoms with Crippen molar-refractivity contribution in [2.75, 3.05) is 20.2 Å². The normalized spacial score (nSPS) is 15.4. The lowest BCUT2D eigenvalue weighted by molar-refractivity contribution is -0.384. The monoisotopic (exact) mass is 599 g/mol. The highest BCUT2D eigenvalue weighted by molar-refractivity contribution is 8.18. The van der Waals surface area contributed by atoms with Gasteiger partial charge in [0.2, 0.25) is 5.91 Å². The third kappa shape index (κ3) is 6.62. The predicted molar refractivity (Wildman–Crippen MR) is 163 cm³/mol. The number of rotatable bonds is 10. The number of carbonyl (C=O) groups excluding carboxylic acids is 3. The van der Waals surface area contributed by atoms with Gasteiger partial charge in [0.25, 0.3) is 16.8 Å². The third-order valence-electron chi connectivity index (χ3n) is 7.19. The number of hydrogen-bond donors (Lipinski definition) is 0. The Kier molecular flexibility index (Phi) is 8.91. The smallest absolute Gasteiger partial charge is 0.294 e. The number of nitro benzene ring substituents is 1. The fourth-order valence-electron chi connectivity index (χ4n) is 5.04. The minimum atomic E-state index is -0.531. The van der Waals surface area contributed by atoms with Crippen LogP contribution in [0.25, 0.3) is 6.08 Å². The zero-order chi connectivity index (χ0) is 30.5.